The minimum atomic E-state index is -0.511. The van der Waals surface area contributed by atoms with Crippen LogP contribution < -0.4 is 10.6 Å². The van der Waals surface area contributed by atoms with E-state index in [2.05, 4.69) is 0 Å². The third-order valence-electron chi connectivity index (χ3n) is 3.39. The van der Waals surface area contributed by atoms with Crippen molar-refractivity contribution >= 4 is 11.8 Å². The molecule has 0 aliphatic heterocycles. The maximum Gasteiger partial charge on any atom is 0.414 e. The van der Waals surface area contributed by atoms with E-state index in [1.165, 1.54) is 0 Å². The van der Waals surface area contributed by atoms with Crippen molar-refractivity contribution in [2.24, 2.45) is 5.73 Å². The molecule has 2 rings (SSSR count). The Hall–Kier alpha value is -1.55. The van der Waals surface area contributed by atoms with Crippen molar-refractivity contribution in [3.63, 3.8) is 0 Å². The molecule has 1 amide bonds. The lowest BCUT2D eigenvalue weighted by molar-refractivity contribution is 0.0576. The first kappa shape index (κ1) is 14.9. The number of rotatable bonds is 3. The highest BCUT2D eigenvalue weighted by Gasteiger charge is 2.42. The predicted octanol–water partition coefficient (Wildman–Crippen LogP) is 3.23. The molecule has 4 heteroatoms. The number of para-hydroxylation sites is 1. The second-order valence-corrected chi connectivity index (χ2v) is 6.72. The molecule has 1 aromatic rings. The average Bonchev–Trinajstić information content (AvgIpc) is 3.03. The number of carbonyl (C=O) groups excluding carboxylic acids is 1. The van der Waals surface area contributed by atoms with Crippen molar-refractivity contribution in [1.82, 2.24) is 0 Å². The van der Waals surface area contributed by atoms with Crippen LogP contribution in [0.3, 0.4) is 0 Å². The molecule has 0 atom stereocenters. The van der Waals surface area contributed by atoms with Gasteiger partial charge in [0.1, 0.15) is 5.60 Å². The quantitative estimate of drug-likeness (QED) is 0.922. The average molecular weight is 276 g/mol. The van der Waals surface area contributed by atoms with Crippen molar-refractivity contribution in [3.8, 4) is 0 Å². The topological polar surface area (TPSA) is 55.6 Å². The van der Waals surface area contributed by atoms with Gasteiger partial charge in [0.05, 0.1) is 5.69 Å². The van der Waals surface area contributed by atoms with Gasteiger partial charge in [0.2, 0.25) is 0 Å². The highest BCUT2D eigenvalue weighted by Crippen LogP contribution is 2.35. The van der Waals surface area contributed by atoms with E-state index in [1.807, 2.05) is 52.0 Å². The van der Waals surface area contributed by atoms with Crippen LogP contribution in [0.25, 0.3) is 0 Å². The van der Waals surface area contributed by atoms with Crippen LogP contribution >= 0.6 is 0 Å². The van der Waals surface area contributed by atoms with E-state index < -0.39 is 5.60 Å². The third kappa shape index (κ3) is 3.73. The van der Waals surface area contributed by atoms with Crippen molar-refractivity contribution in [3.05, 3.63) is 29.8 Å². The fourth-order valence-corrected chi connectivity index (χ4v) is 2.06. The van der Waals surface area contributed by atoms with Gasteiger partial charge in [-0.1, -0.05) is 18.2 Å². The predicted molar refractivity (Wildman–Crippen MR) is 80.9 cm³/mol. The molecular weight excluding hydrogens is 252 g/mol. The molecule has 0 bridgehead atoms. The van der Waals surface area contributed by atoms with Gasteiger partial charge in [-0.2, -0.15) is 0 Å². The summed E-state index contributed by atoms with van der Waals surface area (Å²) in [5.41, 5.74) is 7.34. The van der Waals surface area contributed by atoms with Gasteiger partial charge in [0.25, 0.3) is 0 Å². The molecule has 1 aliphatic rings. The first-order valence-corrected chi connectivity index (χ1v) is 7.05. The highest BCUT2D eigenvalue weighted by atomic mass is 16.6. The summed E-state index contributed by atoms with van der Waals surface area (Å²) in [5.74, 6) is 0. The number of ether oxygens (including phenoxy) is 1. The second-order valence-electron chi connectivity index (χ2n) is 6.72. The Morgan fingerprint density at radius 1 is 1.35 bits per heavy atom. The van der Waals surface area contributed by atoms with Crippen molar-refractivity contribution in [1.29, 1.82) is 0 Å². The van der Waals surface area contributed by atoms with E-state index in [1.54, 1.807) is 4.90 Å². The summed E-state index contributed by atoms with van der Waals surface area (Å²) in [6.07, 6.45) is 1.58. The molecule has 4 nitrogen and oxygen atoms in total. The molecule has 1 aromatic carbocycles. The Labute approximate surface area is 120 Å². The van der Waals surface area contributed by atoms with Gasteiger partial charge in [-0.3, -0.25) is 4.90 Å². The number of benzene rings is 1. The molecule has 0 heterocycles. The Morgan fingerprint density at radius 3 is 2.45 bits per heavy atom. The van der Waals surface area contributed by atoms with Crippen LogP contribution in [0.4, 0.5) is 10.5 Å². The zero-order valence-electron chi connectivity index (χ0n) is 12.8. The maximum atomic E-state index is 12.5. The van der Waals surface area contributed by atoms with Gasteiger partial charge < -0.3 is 10.5 Å². The van der Waals surface area contributed by atoms with E-state index in [4.69, 9.17) is 10.5 Å². The van der Waals surface area contributed by atoms with E-state index in [9.17, 15) is 4.79 Å². The summed E-state index contributed by atoms with van der Waals surface area (Å²) in [4.78, 5) is 14.1. The number of carbonyl (C=O) groups is 1. The smallest absolute Gasteiger partial charge is 0.414 e. The minimum absolute atomic E-state index is 0.251. The van der Waals surface area contributed by atoms with Crippen molar-refractivity contribution < 1.29 is 9.53 Å². The summed E-state index contributed by atoms with van der Waals surface area (Å²) < 4.78 is 5.51. The summed E-state index contributed by atoms with van der Waals surface area (Å²) in [6.45, 7) is 8.11. The Kier molecular flexibility index (Phi) is 3.78. The Bertz CT molecular complexity index is 501. The monoisotopic (exact) mass is 276 g/mol. The molecule has 20 heavy (non-hydrogen) atoms. The van der Waals surface area contributed by atoms with Gasteiger partial charge >= 0.3 is 6.09 Å². The molecule has 0 unspecified atom stereocenters. The standard InChI is InChI=1S/C16H24N2O2/c1-12-7-5-6-8-13(12)18(11-16(17)9-10-16)14(19)20-15(2,3)4/h5-8H,9-11,17H2,1-4H3. The molecule has 0 aromatic heterocycles. The second kappa shape index (κ2) is 5.09. The summed E-state index contributed by atoms with van der Waals surface area (Å²) in [7, 11) is 0. The van der Waals surface area contributed by atoms with E-state index >= 15 is 0 Å². The third-order valence-corrected chi connectivity index (χ3v) is 3.39. The van der Waals surface area contributed by atoms with Crippen LogP contribution in [0.2, 0.25) is 0 Å². The number of aryl methyl sites for hydroxylation is 1. The molecule has 110 valence electrons. The summed E-state index contributed by atoms with van der Waals surface area (Å²) in [6, 6.07) is 7.81. The maximum absolute atomic E-state index is 12.5. The number of hydrogen-bond acceptors (Lipinski definition) is 3. The summed E-state index contributed by atoms with van der Waals surface area (Å²) >= 11 is 0. The summed E-state index contributed by atoms with van der Waals surface area (Å²) in [5, 5.41) is 0. The van der Waals surface area contributed by atoms with E-state index in [0.29, 0.717) is 6.54 Å². The zero-order chi connectivity index (χ0) is 15.0. The zero-order valence-corrected chi connectivity index (χ0v) is 12.8. The van der Waals surface area contributed by atoms with Crippen LogP contribution in [-0.2, 0) is 4.74 Å². The molecule has 1 aliphatic carbocycles. The van der Waals surface area contributed by atoms with Gasteiger partial charge in [0, 0.05) is 12.1 Å². The number of nitrogens with zero attached hydrogens (tertiary/aromatic N) is 1. The molecular formula is C16H24N2O2. The lowest BCUT2D eigenvalue weighted by Crippen LogP contribution is -2.45. The van der Waals surface area contributed by atoms with Crippen LogP contribution in [0.5, 0.6) is 0 Å². The fraction of sp³-hybridized carbons (Fsp3) is 0.562. The molecule has 0 radical (unpaired) electrons. The van der Waals surface area contributed by atoms with Gasteiger partial charge in [-0.25, -0.2) is 4.79 Å². The van der Waals surface area contributed by atoms with Crippen LogP contribution in [0.1, 0.15) is 39.2 Å². The number of amides is 1. The lowest BCUT2D eigenvalue weighted by Gasteiger charge is -2.30. The Balaban J connectivity index is 2.25. The highest BCUT2D eigenvalue weighted by molar-refractivity contribution is 5.89. The first-order chi connectivity index (χ1) is 9.20. The van der Waals surface area contributed by atoms with Gasteiger partial charge in [-0.15, -0.1) is 0 Å². The largest absolute Gasteiger partial charge is 0.443 e. The first-order valence-electron chi connectivity index (χ1n) is 7.05. The van der Waals surface area contributed by atoms with E-state index in [-0.39, 0.29) is 11.6 Å². The van der Waals surface area contributed by atoms with Crippen molar-refractivity contribution in [2.75, 3.05) is 11.4 Å². The fourth-order valence-electron chi connectivity index (χ4n) is 2.06. The lowest BCUT2D eigenvalue weighted by atomic mass is 10.1. The van der Waals surface area contributed by atoms with Crippen molar-refractivity contribution in [2.45, 2.75) is 51.7 Å². The molecule has 2 N–H and O–H groups in total. The van der Waals surface area contributed by atoms with Crippen LogP contribution in [0, 0.1) is 6.92 Å². The number of anilines is 1. The minimum Gasteiger partial charge on any atom is -0.443 e. The van der Waals surface area contributed by atoms with Crippen LogP contribution in [0.15, 0.2) is 24.3 Å². The van der Waals surface area contributed by atoms with E-state index in [0.717, 1.165) is 24.1 Å². The Morgan fingerprint density at radius 2 is 1.95 bits per heavy atom. The SMILES string of the molecule is Cc1ccccc1N(CC1(N)CC1)C(=O)OC(C)(C)C. The van der Waals surface area contributed by atoms with Gasteiger partial charge in [-0.05, 0) is 52.2 Å². The van der Waals surface area contributed by atoms with Gasteiger partial charge in [0.15, 0.2) is 0 Å². The normalized spacial score (nSPS) is 16.6. The molecule has 0 spiro atoms. The molecule has 0 saturated heterocycles. The molecule has 1 fully saturated rings. The number of hydrogen-bond donors (Lipinski definition) is 1. The number of nitrogens with two attached hydrogens (primary N) is 1. The molecule has 1 saturated carbocycles. The van der Waals surface area contributed by atoms with Crippen LogP contribution in [-0.4, -0.2) is 23.8 Å².